The van der Waals surface area contributed by atoms with Gasteiger partial charge in [-0.05, 0) is 31.7 Å². The summed E-state index contributed by atoms with van der Waals surface area (Å²) >= 11 is 0. The molecule has 0 spiro atoms. The van der Waals surface area contributed by atoms with Gasteiger partial charge >= 0.3 is 0 Å². The number of rotatable bonds is 6. The fourth-order valence-corrected chi connectivity index (χ4v) is 2.49. The van der Waals surface area contributed by atoms with Crippen LogP contribution in [0.25, 0.3) is 11.4 Å². The lowest BCUT2D eigenvalue weighted by atomic mass is 10.2. The zero-order chi connectivity index (χ0) is 16.9. The first kappa shape index (κ1) is 16.2. The van der Waals surface area contributed by atoms with Crippen LogP contribution in [0.4, 0.5) is 0 Å². The first-order valence-corrected chi connectivity index (χ1v) is 7.89. The average Bonchev–Trinajstić information content (AvgIpc) is 3.12. The highest BCUT2D eigenvalue weighted by Crippen LogP contribution is 2.23. The summed E-state index contributed by atoms with van der Waals surface area (Å²) in [6.45, 7) is 2.82. The Hall–Kier alpha value is -2.66. The second kappa shape index (κ2) is 7.27. The number of nitrogens with zero attached hydrogens (tertiary/aromatic N) is 3. The van der Waals surface area contributed by atoms with Crippen LogP contribution in [-0.4, -0.2) is 29.2 Å². The molecule has 1 heterocycles. The topological polar surface area (TPSA) is 51.4 Å². The Morgan fingerprint density at radius 1 is 1.12 bits per heavy atom. The third-order valence-corrected chi connectivity index (χ3v) is 4.06. The molecule has 0 saturated carbocycles. The lowest BCUT2D eigenvalue weighted by Crippen LogP contribution is -2.22. The third-order valence-electron chi connectivity index (χ3n) is 4.06. The quantitative estimate of drug-likeness (QED) is 0.688. The normalized spacial score (nSPS) is 12.3. The molecule has 0 bridgehead atoms. The Balaban J connectivity index is 1.71. The predicted molar refractivity (Wildman–Crippen MR) is 92.6 cm³/mol. The summed E-state index contributed by atoms with van der Waals surface area (Å²) in [4.78, 5) is 6.70. The van der Waals surface area contributed by atoms with Crippen molar-refractivity contribution in [2.24, 2.45) is 0 Å². The van der Waals surface area contributed by atoms with Crippen molar-refractivity contribution in [1.29, 1.82) is 0 Å². The Morgan fingerprint density at radius 3 is 2.67 bits per heavy atom. The maximum absolute atomic E-state index is 5.46. The Kier molecular flexibility index (Phi) is 4.91. The first-order chi connectivity index (χ1) is 11.7. The van der Waals surface area contributed by atoms with E-state index in [1.54, 1.807) is 7.11 Å². The SMILES string of the molecule is COc1cccc(CN(C)C(C)c2nc(-c3ccccc3)no2)c1. The van der Waals surface area contributed by atoms with Crippen LogP contribution in [0.2, 0.25) is 0 Å². The van der Waals surface area contributed by atoms with Crippen molar-refractivity contribution in [1.82, 2.24) is 15.0 Å². The molecular weight excluding hydrogens is 302 g/mol. The van der Waals surface area contributed by atoms with Crippen molar-refractivity contribution in [3.05, 3.63) is 66.1 Å². The number of hydrogen-bond acceptors (Lipinski definition) is 5. The van der Waals surface area contributed by atoms with E-state index in [1.807, 2.05) is 55.6 Å². The minimum atomic E-state index is 0.0150. The van der Waals surface area contributed by atoms with Crippen molar-refractivity contribution in [3.8, 4) is 17.1 Å². The number of methoxy groups -OCH3 is 1. The number of ether oxygens (including phenoxy) is 1. The molecule has 0 saturated heterocycles. The summed E-state index contributed by atoms with van der Waals surface area (Å²) in [7, 11) is 3.71. The second-order valence-electron chi connectivity index (χ2n) is 5.76. The number of aromatic nitrogens is 2. The van der Waals surface area contributed by atoms with Gasteiger partial charge in [-0.3, -0.25) is 4.90 Å². The van der Waals surface area contributed by atoms with E-state index in [1.165, 1.54) is 5.56 Å². The predicted octanol–water partition coefficient (Wildman–Crippen LogP) is 3.94. The summed E-state index contributed by atoms with van der Waals surface area (Å²) in [6.07, 6.45) is 0. The molecule has 0 N–H and O–H groups in total. The molecule has 2 aromatic carbocycles. The van der Waals surface area contributed by atoms with Gasteiger partial charge in [0, 0.05) is 12.1 Å². The Morgan fingerprint density at radius 2 is 1.92 bits per heavy atom. The summed E-state index contributed by atoms with van der Waals surface area (Å²) in [6, 6.07) is 17.9. The van der Waals surface area contributed by atoms with E-state index in [0.29, 0.717) is 11.7 Å². The molecule has 5 heteroatoms. The minimum absolute atomic E-state index is 0.0150. The van der Waals surface area contributed by atoms with Gasteiger partial charge in [-0.25, -0.2) is 0 Å². The van der Waals surface area contributed by atoms with E-state index in [-0.39, 0.29) is 6.04 Å². The first-order valence-electron chi connectivity index (χ1n) is 7.89. The van der Waals surface area contributed by atoms with E-state index in [2.05, 4.69) is 28.0 Å². The van der Waals surface area contributed by atoms with Crippen LogP contribution in [0, 0.1) is 0 Å². The van der Waals surface area contributed by atoms with E-state index in [4.69, 9.17) is 9.26 Å². The van der Waals surface area contributed by atoms with E-state index < -0.39 is 0 Å². The molecule has 1 aromatic heterocycles. The molecule has 1 atom stereocenters. The summed E-state index contributed by atoms with van der Waals surface area (Å²) < 4.78 is 10.7. The van der Waals surface area contributed by atoms with Gasteiger partial charge in [0.15, 0.2) is 0 Å². The summed E-state index contributed by atoms with van der Waals surface area (Å²) in [5.74, 6) is 2.09. The van der Waals surface area contributed by atoms with E-state index in [0.717, 1.165) is 17.9 Å². The molecule has 0 fully saturated rings. The van der Waals surface area contributed by atoms with Gasteiger partial charge in [0.25, 0.3) is 0 Å². The molecule has 3 aromatic rings. The summed E-state index contributed by atoms with van der Waals surface area (Å²) in [5.41, 5.74) is 2.13. The molecule has 1 unspecified atom stereocenters. The zero-order valence-electron chi connectivity index (χ0n) is 14.1. The zero-order valence-corrected chi connectivity index (χ0v) is 14.1. The Bertz CT molecular complexity index is 786. The average molecular weight is 323 g/mol. The van der Waals surface area contributed by atoms with Crippen LogP contribution >= 0.6 is 0 Å². The van der Waals surface area contributed by atoms with Crippen molar-refractivity contribution in [2.45, 2.75) is 19.5 Å². The molecule has 0 amide bonds. The highest BCUT2D eigenvalue weighted by atomic mass is 16.5. The van der Waals surface area contributed by atoms with Crippen LogP contribution in [0.3, 0.4) is 0 Å². The molecule has 0 aliphatic carbocycles. The van der Waals surface area contributed by atoms with E-state index >= 15 is 0 Å². The molecule has 0 radical (unpaired) electrons. The third kappa shape index (κ3) is 3.63. The maximum atomic E-state index is 5.46. The highest BCUT2D eigenvalue weighted by Gasteiger charge is 2.19. The lowest BCUT2D eigenvalue weighted by Gasteiger charge is -2.21. The second-order valence-corrected chi connectivity index (χ2v) is 5.76. The fraction of sp³-hybridized carbons (Fsp3) is 0.263. The van der Waals surface area contributed by atoms with E-state index in [9.17, 15) is 0 Å². The van der Waals surface area contributed by atoms with Gasteiger partial charge < -0.3 is 9.26 Å². The summed E-state index contributed by atoms with van der Waals surface area (Å²) in [5, 5.41) is 4.09. The van der Waals surface area contributed by atoms with Crippen LogP contribution < -0.4 is 4.74 Å². The fourth-order valence-electron chi connectivity index (χ4n) is 2.49. The van der Waals surface area contributed by atoms with Crippen molar-refractivity contribution in [3.63, 3.8) is 0 Å². The van der Waals surface area contributed by atoms with Gasteiger partial charge in [-0.15, -0.1) is 0 Å². The lowest BCUT2D eigenvalue weighted by molar-refractivity contribution is 0.202. The van der Waals surface area contributed by atoms with Gasteiger partial charge in [-0.2, -0.15) is 4.98 Å². The van der Waals surface area contributed by atoms with Crippen molar-refractivity contribution < 1.29 is 9.26 Å². The van der Waals surface area contributed by atoms with Gasteiger partial charge in [-0.1, -0.05) is 47.6 Å². The standard InChI is InChI=1S/C19H21N3O2/c1-14(22(2)13-15-8-7-11-17(12-15)23-3)19-20-18(21-24-19)16-9-5-4-6-10-16/h4-12,14H,13H2,1-3H3. The number of benzene rings is 2. The van der Waals surface area contributed by atoms with Gasteiger partial charge in [0.2, 0.25) is 11.7 Å². The maximum Gasteiger partial charge on any atom is 0.244 e. The van der Waals surface area contributed by atoms with Crippen molar-refractivity contribution >= 4 is 0 Å². The number of hydrogen-bond donors (Lipinski definition) is 0. The van der Waals surface area contributed by atoms with Crippen molar-refractivity contribution in [2.75, 3.05) is 14.2 Å². The van der Waals surface area contributed by atoms with Gasteiger partial charge in [0.1, 0.15) is 5.75 Å². The molecule has 124 valence electrons. The largest absolute Gasteiger partial charge is 0.497 e. The molecule has 5 nitrogen and oxygen atoms in total. The van der Waals surface area contributed by atoms with Crippen LogP contribution in [0.5, 0.6) is 5.75 Å². The van der Waals surface area contributed by atoms with Crippen LogP contribution in [0.1, 0.15) is 24.4 Å². The Labute approximate surface area is 141 Å². The highest BCUT2D eigenvalue weighted by molar-refractivity contribution is 5.53. The van der Waals surface area contributed by atoms with Gasteiger partial charge in [0.05, 0.1) is 13.2 Å². The van der Waals surface area contributed by atoms with Crippen LogP contribution in [-0.2, 0) is 6.54 Å². The molecule has 0 aliphatic heterocycles. The monoisotopic (exact) mass is 323 g/mol. The smallest absolute Gasteiger partial charge is 0.244 e. The molecular formula is C19H21N3O2. The molecule has 24 heavy (non-hydrogen) atoms. The van der Waals surface area contributed by atoms with Crippen LogP contribution in [0.15, 0.2) is 59.1 Å². The molecule has 3 rings (SSSR count). The molecule has 0 aliphatic rings. The minimum Gasteiger partial charge on any atom is -0.497 e.